The van der Waals surface area contributed by atoms with Gasteiger partial charge in [0.1, 0.15) is 5.75 Å². The summed E-state index contributed by atoms with van der Waals surface area (Å²) >= 11 is 5.37. The van der Waals surface area contributed by atoms with Crippen LogP contribution in [0.5, 0.6) is 5.75 Å². The van der Waals surface area contributed by atoms with Crippen LogP contribution in [0.15, 0.2) is 48.5 Å². The number of thiocarbonyl (C=S) groups is 1. The third-order valence-corrected chi connectivity index (χ3v) is 4.80. The Morgan fingerprint density at radius 3 is 2.76 bits per heavy atom. The Bertz CT molecular complexity index is 838. The van der Waals surface area contributed by atoms with Crippen LogP contribution in [-0.2, 0) is 4.74 Å². The first kappa shape index (κ1) is 21.1. The SMILES string of the molecule is CCCCOc1cccc(C(=O)NC(=S)Nc2ccccc2N2CCOCC2)c1. The van der Waals surface area contributed by atoms with E-state index in [0.717, 1.165) is 37.3 Å². The molecule has 0 aliphatic carbocycles. The monoisotopic (exact) mass is 413 g/mol. The minimum absolute atomic E-state index is 0.257. The number of hydrogen-bond donors (Lipinski definition) is 2. The summed E-state index contributed by atoms with van der Waals surface area (Å²) in [6.07, 6.45) is 2.04. The van der Waals surface area contributed by atoms with Crippen molar-refractivity contribution in [1.82, 2.24) is 5.32 Å². The maximum absolute atomic E-state index is 12.6. The van der Waals surface area contributed by atoms with Gasteiger partial charge in [-0.25, -0.2) is 0 Å². The molecule has 7 heteroatoms. The van der Waals surface area contributed by atoms with Gasteiger partial charge in [0.25, 0.3) is 5.91 Å². The number of ether oxygens (including phenoxy) is 2. The Balaban J connectivity index is 1.61. The number of carbonyl (C=O) groups is 1. The number of amides is 1. The van der Waals surface area contributed by atoms with Crippen molar-refractivity contribution in [2.45, 2.75) is 19.8 Å². The number of benzene rings is 2. The maximum Gasteiger partial charge on any atom is 0.257 e. The van der Waals surface area contributed by atoms with Gasteiger partial charge in [0.2, 0.25) is 0 Å². The fraction of sp³-hybridized carbons (Fsp3) is 0.364. The zero-order chi connectivity index (χ0) is 20.5. The molecule has 0 bridgehead atoms. The lowest BCUT2D eigenvalue weighted by Crippen LogP contribution is -2.38. The van der Waals surface area contributed by atoms with Crippen molar-refractivity contribution in [3.8, 4) is 5.75 Å². The second-order valence-electron chi connectivity index (χ2n) is 6.75. The molecule has 1 saturated heterocycles. The topological polar surface area (TPSA) is 62.8 Å². The molecule has 6 nitrogen and oxygen atoms in total. The number of rotatable bonds is 7. The first-order chi connectivity index (χ1) is 14.2. The summed E-state index contributed by atoms with van der Waals surface area (Å²) in [6, 6.07) is 15.0. The van der Waals surface area contributed by atoms with E-state index < -0.39 is 0 Å². The van der Waals surface area contributed by atoms with Gasteiger partial charge in [-0.05, 0) is 49.0 Å². The van der Waals surface area contributed by atoms with Gasteiger partial charge in [-0.2, -0.15) is 0 Å². The summed E-state index contributed by atoms with van der Waals surface area (Å²) in [4.78, 5) is 14.8. The number of anilines is 2. The number of hydrogen-bond acceptors (Lipinski definition) is 5. The maximum atomic E-state index is 12.6. The van der Waals surface area contributed by atoms with Gasteiger partial charge in [0.15, 0.2) is 5.11 Å². The van der Waals surface area contributed by atoms with Crippen molar-refractivity contribution >= 4 is 34.6 Å². The molecule has 0 unspecified atom stereocenters. The Kier molecular flexibility index (Phi) is 7.84. The first-order valence-electron chi connectivity index (χ1n) is 9.94. The van der Waals surface area contributed by atoms with Crippen LogP contribution in [0.25, 0.3) is 0 Å². The zero-order valence-electron chi connectivity index (χ0n) is 16.6. The third kappa shape index (κ3) is 6.17. The third-order valence-electron chi connectivity index (χ3n) is 4.59. The lowest BCUT2D eigenvalue weighted by Gasteiger charge is -2.30. The van der Waals surface area contributed by atoms with E-state index in [1.54, 1.807) is 18.2 Å². The molecule has 0 spiro atoms. The zero-order valence-corrected chi connectivity index (χ0v) is 17.5. The first-order valence-corrected chi connectivity index (χ1v) is 10.3. The van der Waals surface area contributed by atoms with Crippen LogP contribution in [0.3, 0.4) is 0 Å². The molecular weight excluding hydrogens is 386 g/mol. The van der Waals surface area contributed by atoms with Crippen molar-refractivity contribution in [1.29, 1.82) is 0 Å². The molecule has 1 fully saturated rings. The van der Waals surface area contributed by atoms with E-state index in [2.05, 4.69) is 22.5 Å². The Labute approximate surface area is 177 Å². The molecule has 1 amide bonds. The summed E-state index contributed by atoms with van der Waals surface area (Å²) in [5.74, 6) is 0.412. The Morgan fingerprint density at radius 2 is 1.97 bits per heavy atom. The standard InChI is InChI=1S/C22H27N3O3S/c1-2-3-13-28-18-8-6-7-17(16-18)21(26)24-22(29)23-19-9-4-5-10-20(19)25-11-14-27-15-12-25/h4-10,16H,2-3,11-15H2,1H3,(H2,23,24,26,29). The van der Waals surface area contributed by atoms with Crippen LogP contribution in [0, 0.1) is 0 Å². The largest absolute Gasteiger partial charge is 0.494 e. The highest BCUT2D eigenvalue weighted by Crippen LogP contribution is 2.26. The average molecular weight is 414 g/mol. The minimum atomic E-state index is -0.271. The molecule has 0 atom stereocenters. The summed E-state index contributed by atoms with van der Waals surface area (Å²) in [5, 5.41) is 6.16. The van der Waals surface area contributed by atoms with E-state index in [1.807, 2.05) is 30.3 Å². The lowest BCUT2D eigenvalue weighted by molar-refractivity contribution is 0.0977. The van der Waals surface area contributed by atoms with E-state index in [9.17, 15) is 4.79 Å². The number of nitrogens with zero attached hydrogens (tertiary/aromatic N) is 1. The van der Waals surface area contributed by atoms with Crippen LogP contribution in [0.1, 0.15) is 30.1 Å². The summed E-state index contributed by atoms with van der Waals surface area (Å²) in [5.41, 5.74) is 2.40. The number of morpholine rings is 1. The molecule has 3 rings (SSSR count). The van der Waals surface area contributed by atoms with E-state index in [0.29, 0.717) is 31.1 Å². The van der Waals surface area contributed by atoms with Crippen LogP contribution in [0.4, 0.5) is 11.4 Å². The average Bonchev–Trinajstić information content (AvgIpc) is 2.75. The van der Waals surface area contributed by atoms with Crippen molar-refractivity contribution < 1.29 is 14.3 Å². The predicted octanol–water partition coefficient (Wildman–Crippen LogP) is 3.83. The number of unbranched alkanes of at least 4 members (excludes halogenated alkanes) is 1. The molecular formula is C22H27N3O3S. The second-order valence-corrected chi connectivity index (χ2v) is 7.16. The van der Waals surface area contributed by atoms with Gasteiger partial charge >= 0.3 is 0 Å². The highest BCUT2D eigenvalue weighted by atomic mass is 32.1. The fourth-order valence-corrected chi connectivity index (χ4v) is 3.25. The Hall–Kier alpha value is -2.64. The van der Waals surface area contributed by atoms with Gasteiger partial charge in [0, 0.05) is 18.7 Å². The molecule has 0 saturated carbocycles. The molecule has 1 aliphatic heterocycles. The summed E-state index contributed by atoms with van der Waals surface area (Å²) in [6.45, 7) is 5.79. The van der Waals surface area contributed by atoms with Crippen molar-refractivity contribution in [2.75, 3.05) is 43.1 Å². The van der Waals surface area contributed by atoms with Gasteiger partial charge in [-0.15, -0.1) is 0 Å². The highest BCUT2D eigenvalue weighted by molar-refractivity contribution is 7.80. The molecule has 2 aromatic carbocycles. The second kappa shape index (κ2) is 10.8. The van der Waals surface area contributed by atoms with Gasteiger partial charge in [0.05, 0.1) is 31.2 Å². The van der Waals surface area contributed by atoms with Crippen LogP contribution in [0.2, 0.25) is 0 Å². The van der Waals surface area contributed by atoms with E-state index in [4.69, 9.17) is 21.7 Å². The molecule has 0 aromatic heterocycles. The van der Waals surface area contributed by atoms with Gasteiger partial charge < -0.3 is 19.7 Å². The van der Waals surface area contributed by atoms with Gasteiger partial charge in [-0.1, -0.05) is 31.5 Å². The quantitative estimate of drug-likeness (QED) is 0.531. The molecule has 154 valence electrons. The smallest absolute Gasteiger partial charge is 0.257 e. The number of carbonyl (C=O) groups excluding carboxylic acids is 1. The fourth-order valence-electron chi connectivity index (χ4n) is 3.05. The molecule has 2 N–H and O–H groups in total. The summed E-state index contributed by atoms with van der Waals surface area (Å²) in [7, 11) is 0. The molecule has 0 radical (unpaired) electrons. The molecule has 1 heterocycles. The van der Waals surface area contributed by atoms with Crippen LogP contribution >= 0.6 is 12.2 Å². The highest BCUT2D eigenvalue weighted by Gasteiger charge is 2.16. The lowest BCUT2D eigenvalue weighted by atomic mass is 10.2. The molecule has 1 aliphatic rings. The Morgan fingerprint density at radius 1 is 1.17 bits per heavy atom. The summed E-state index contributed by atoms with van der Waals surface area (Å²) < 4.78 is 11.1. The van der Waals surface area contributed by atoms with Gasteiger partial charge in [-0.3, -0.25) is 10.1 Å². The van der Waals surface area contributed by atoms with E-state index >= 15 is 0 Å². The molecule has 2 aromatic rings. The van der Waals surface area contributed by atoms with Crippen molar-refractivity contribution in [3.63, 3.8) is 0 Å². The normalized spacial score (nSPS) is 13.6. The van der Waals surface area contributed by atoms with E-state index in [-0.39, 0.29) is 11.0 Å². The van der Waals surface area contributed by atoms with Crippen molar-refractivity contribution in [2.24, 2.45) is 0 Å². The number of nitrogens with one attached hydrogen (secondary N) is 2. The number of para-hydroxylation sites is 2. The van der Waals surface area contributed by atoms with E-state index in [1.165, 1.54) is 0 Å². The molecule has 29 heavy (non-hydrogen) atoms. The minimum Gasteiger partial charge on any atom is -0.494 e. The predicted molar refractivity (Wildman–Crippen MR) is 120 cm³/mol. The van der Waals surface area contributed by atoms with Crippen LogP contribution in [-0.4, -0.2) is 43.9 Å². The van der Waals surface area contributed by atoms with Crippen molar-refractivity contribution in [3.05, 3.63) is 54.1 Å². The van der Waals surface area contributed by atoms with Crippen LogP contribution < -0.4 is 20.3 Å².